The monoisotopic (exact) mass is 295 g/mol. The molecule has 20 heavy (non-hydrogen) atoms. The molecular weight excluding hydrogens is 274 g/mol. The van der Waals surface area contributed by atoms with Gasteiger partial charge in [-0.25, -0.2) is 0 Å². The minimum Gasteiger partial charge on any atom is -0.258 e. The molecule has 2 rings (SSSR count). The van der Waals surface area contributed by atoms with Crippen LogP contribution in [0.15, 0.2) is 24.3 Å². The van der Waals surface area contributed by atoms with Gasteiger partial charge in [0.15, 0.2) is 0 Å². The summed E-state index contributed by atoms with van der Waals surface area (Å²) in [5, 5.41) is 10.8. The lowest BCUT2D eigenvalue weighted by atomic mass is 9.86. The van der Waals surface area contributed by atoms with E-state index >= 15 is 0 Å². The molecular formula is C16H22ClNO2. The van der Waals surface area contributed by atoms with Crippen LogP contribution in [-0.2, 0) is 6.42 Å². The Hall–Kier alpha value is -1.09. The third-order valence-electron chi connectivity index (χ3n) is 4.24. The Balaban J connectivity index is 1.91. The molecule has 0 N–H and O–H groups in total. The Morgan fingerprint density at radius 1 is 1.10 bits per heavy atom. The molecule has 1 unspecified atom stereocenters. The van der Waals surface area contributed by atoms with Crippen LogP contribution in [0.4, 0.5) is 5.69 Å². The number of rotatable bonds is 4. The summed E-state index contributed by atoms with van der Waals surface area (Å²) in [5.74, 6) is 0.590. The third-order valence-corrected chi connectivity index (χ3v) is 4.75. The van der Waals surface area contributed by atoms with Crippen molar-refractivity contribution in [2.75, 3.05) is 0 Å². The molecule has 1 atom stereocenters. The van der Waals surface area contributed by atoms with Crippen molar-refractivity contribution >= 4 is 17.3 Å². The first kappa shape index (κ1) is 15.3. The smallest absolute Gasteiger partial charge is 0.258 e. The van der Waals surface area contributed by atoms with E-state index in [1.165, 1.54) is 44.9 Å². The fourth-order valence-corrected chi connectivity index (χ4v) is 3.43. The molecule has 110 valence electrons. The summed E-state index contributed by atoms with van der Waals surface area (Å²) < 4.78 is 0. The third kappa shape index (κ3) is 4.48. The number of hydrogen-bond acceptors (Lipinski definition) is 2. The van der Waals surface area contributed by atoms with Crippen molar-refractivity contribution in [2.24, 2.45) is 5.92 Å². The first-order chi connectivity index (χ1) is 9.66. The van der Waals surface area contributed by atoms with E-state index in [9.17, 15) is 10.1 Å². The Kier molecular flexibility index (Phi) is 5.84. The van der Waals surface area contributed by atoms with Gasteiger partial charge < -0.3 is 0 Å². The zero-order chi connectivity index (χ0) is 14.4. The first-order valence-corrected chi connectivity index (χ1v) is 7.98. The Morgan fingerprint density at radius 3 is 2.20 bits per heavy atom. The number of benzene rings is 1. The van der Waals surface area contributed by atoms with Gasteiger partial charge in [0.2, 0.25) is 0 Å². The number of nitro groups is 1. The zero-order valence-electron chi connectivity index (χ0n) is 11.8. The van der Waals surface area contributed by atoms with Gasteiger partial charge in [-0.05, 0) is 30.7 Å². The number of non-ortho nitro benzene ring substituents is 1. The molecule has 3 nitrogen and oxygen atoms in total. The Labute approximate surface area is 125 Å². The molecule has 0 spiro atoms. The summed E-state index contributed by atoms with van der Waals surface area (Å²) in [6, 6.07) is 6.79. The normalized spacial score (nSPS) is 19.1. The highest BCUT2D eigenvalue weighted by Gasteiger charge is 2.20. The van der Waals surface area contributed by atoms with Crippen LogP contribution in [0, 0.1) is 16.0 Å². The van der Waals surface area contributed by atoms with Crippen LogP contribution < -0.4 is 0 Å². The van der Waals surface area contributed by atoms with Crippen LogP contribution >= 0.6 is 11.6 Å². The van der Waals surface area contributed by atoms with Crippen LogP contribution in [0.1, 0.15) is 50.5 Å². The average molecular weight is 296 g/mol. The van der Waals surface area contributed by atoms with Crippen molar-refractivity contribution in [1.29, 1.82) is 0 Å². The van der Waals surface area contributed by atoms with Crippen molar-refractivity contribution < 1.29 is 4.92 Å². The quantitative estimate of drug-likeness (QED) is 0.440. The lowest BCUT2D eigenvalue weighted by molar-refractivity contribution is -0.384. The number of alkyl halides is 1. The second-order valence-electron chi connectivity index (χ2n) is 5.75. The summed E-state index contributed by atoms with van der Waals surface area (Å²) in [7, 11) is 0. The molecule has 0 radical (unpaired) electrons. The lowest BCUT2D eigenvalue weighted by Gasteiger charge is -2.24. The molecule has 1 aliphatic carbocycles. The molecule has 0 aliphatic heterocycles. The summed E-state index contributed by atoms with van der Waals surface area (Å²) in [6.45, 7) is 0. The summed E-state index contributed by atoms with van der Waals surface area (Å²) in [5.41, 5.74) is 1.24. The van der Waals surface area contributed by atoms with Gasteiger partial charge in [-0.15, -0.1) is 11.6 Å². The molecule has 0 aromatic heterocycles. The maximum atomic E-state index is 10.6. The van der Waals surface area contributed by atoms with Crippen LogP contribution in [0.3, 0.4) is 0 Å². The van der Waals surface area contributed by atoms with Gasteiger partial charge in [-0.3, -0.25) is 10.1 Å². The van der Waals surface area contributed by atoms with E-state index in [-0.39, 0.29) is 16.0 Å². The highest BCUT2D eigenvalue weighted by Crippen LogP contribution is 2.29. The molecule has 1 aromatic rings. The minimum atomic E-state index is -0.364. The molecule has 4 heteroatoms. The van der Waals surface area contributed by atoms with Crippen LogP contribution in [-0.4, -0.2) is 10.3 Å². The summed E-state index contributed by atoms with van der Waals surface area (Å²) in [6.07, 6.45) is 9.85. The van der Waals surface area contributed by atoms with Gasteiger partial charge >= 0.3 is 0 Å². The van der Waals surface area contributed by atoms with Crippen molar-refractivity contribution in [1.82, 2.24) is 0 Å². The molecule has 1 fully saturated rings. The highest BCUT2D eigenvalue weighted by molar-refractivity contribution is 6.20. The minimum absolute atomic E-state index is 0.144. The van der Waals surface area contributed by atoms with E-state index < -0.39 is 0 Å². The Bertz CT molecular complexity index is 425. The van der Waals surface area contributed by atoms with Gasteiger partial charge in [-0.2, -0.15) is 0 Å². The van der Waals surface area contributed by atoms with E-state index in [1.54, 1.807) is 12.1 Å². The standard InChI is InChI=1S/C16H22ClNO2/c17-16(14-6-4-2-1-3-5-7-14)12-13-8-10-15(11-9-13)18(19)20/h8-11,14,16H,1-7,12H2. The van der Waals surface area contributed by atoms with Gasteiger partial charge in [0, 0.05) is 17.5 Å². The van der Waals surface area contributed by atoms with Crippen molar-refractivity contribution in [3.63, 3.8) is 0 Å². The van der Waals surface area contributed by atoms with E-state index in [2.05, 4.69) is 0 Å². The fraction of sp³-hybridized carbons (Fsp3) is 0.625. The average Bonchev–Trinajstić information content (AvgIpc) is 2.38. The van der Waals surface area contributed by atoms with Gasteiger partial charge in [0.05, 0.1) is 4.92 Å². The molecule has 0 heterocycles. The van der Waals surface area contributed by atoms with Gasteiger partial charge in [0.25, 0.3) is 5.69 Å². The second kappa shape index (κ2) is 7.63. The molecule has 1 aromatic carbocycles. The van der Waals surface area contributed by atoms with Crippen molar-refractivity contribution in [3.8, 4) is 0 Å². The number of nitro benzene ring substituents is 1. The highest BCUT2D eigenvalue weighted by atomic mass is 35.5. The Morgan fingerprint density at radius 2 is 1.65 bits per heavy atom. The van der Waals surface area contributed by atoms with E-state index in [0.717, 1.165) is 12.0 Å². The molecule has 1 saturated carbocycles. The zero-order valence-corrected chi connectivity index (χ0v) is 12.5. The maximum Gasteiger partial charge on any atom is 0.269 e. The largest absolute Gasteiger partial charge is 0.269 e. The van der Waals surface area contributed by atoms with Gasteiger partial charge in [-0.1, -0.05) is 44.2 Å². The predicted octanol–water partition coefficient (Wildman–Crippen LogP) is 5.11. The number of nitrogens with zero attached hydrogens (tertiary/aromatic N) is 1. The predicted molar refractivity (Wildman–Crippen MR) is 82.3 cm³/mol. The molecule has 0 amide bonds. The second-order valence-corrected chi connectivity index (χ2v) is 6.31. The van der Waals surface area contributed by atoms with Crippen molar-refractivity contribution in [2.45, 2.75) is 56.7 Å². The maximum absolute atomic E-state index is 10.6. The number of hydrogen-bond donors (Lipinski definition) is 0. The molecule has 1 aliphatic rings. The lowest BCUT2D eigenvalue weighted by Crippen LogP contribution is -2.18. The first-order valence-electron chi connectivity index (χ1n) is 7.54. The molecule has 0 saturated heterocycles. The SMILES string of the molecule is O=[N+]([O-])c1ccc(CC(Cl)C2CCCCCCC2)cc1. The summed E-state index contributed by atoms with van der Waals surface area (Å²) >= 11 is 6.59. The van der Waals surface area contributed by atoms with E-state index in [0.29, 0.717) is 5.92 Å². The van der Waals surface area contributed by atoms with Crippen LogP contribution in [0.25, 0.3) is 0 Å². The van der Waals surface area contributed by atoms with Crippen molar-refractivity contribution in [3.05, 3.63) is 39.9 Å². The van der Waals surface area contributed by atoms with Crippen LogP contribution in [0.5, 0.6) is 0 Å². The van der Waals surface area contributed by atoms with Gasteiger partial charge in [0.1, 0.15) is 0 Å². The molecule has 0 bridgehead atoms. The van der Waals surface area contributed by atoms with E-state index in [1.807, 2.05) is 12.1 Å². The number of halogens is 1. The summed E-state index contributed by atoms with van der Waals surface area (Å²) in [4.78, 5) is 10.3. The fourth-order valence-electron chi connectivity index (χ4n) is 2.99. The van der Waals surface area contributed by atoms with Crippen LogP contribution in [0.2, 0.25) is 0 Å². The van der Waals surface area contributed by atoms with E-state index in [4.69, 9.17) is 11.6 Å². The topological polar surface area (TPSA) is 43.1 Å².